The standard InChI is InChI=1S/C17H27NO3/c1-4-17(5-2,12-19)11-18-13(3)14-6-7-15-16(10-14)21-9-8-20-15/h6-7,10,13,18-19H,4-5,8-9,11-12H2,1-3H3. The van der Waals surface area contributed by atoms with Gasteiger partial charge in [-0.15, -0.1) is 0 Å². The minimum absolute atomic E-state index is 0.0257. The minimum Gasteiger partial charge on any atom is -0.486 e. The van der Waals surface area contributed by atoms with Crippen molar-refractivity contribution >= 4 is 0 Å². The van der Waals surface area contributed by atoms with Crippen LogP contribution in [0.25, 0.3) is 0 Å². The molecule has 1 atom stereocenters. The van der Waals surface area contributed by atoms with Gasteiger partial charge in [-0.25, -0.2) is 0 Å². The molecule has 4 heteroatoms. The van der Waals surface area contributed by atoms with Crippen molar-refractivity contribution in [1.29, 1.82) is 0 Å². The highest BCUT2D eigenvalue weighted by Gasteiger charge is 2.25. The molecule has 0 aliphatic carbocycles. The zero-order valence-electron chi connectivity index (χ0n) is 13.3. The highest BCUT2D eigenvalue weighted by molar-refractivity contribution is 5.44. The lowest BCUT2D eigenvalue weighted by atomic mass is 9.83. The SMILES string of the molecule is CCC(CC)(CO)CNC(C)c1ccc2c(c1)OCCO2. The summed E-state index contributed by atoms with van der Waals surface area (Å²) in [5.41, 5.74) is 1.15. The topological polar surface area (TPSA) is 50.7 Å². The molecule has 0 radical (unpaired) electrons. The molecule has 0 saturated heterocycles. The zero-order valence-corrected chi connectivity index (χ0v) is 13.3. The Morgan fingerprint density at radius 3 is 2.48 bits per heavy atom. The molecule has 2 N–H and O–H groups in total. The molecular formula is C17H27NO3. The van der Waals surface area contributed by atoms with Gasteiger partial charge in [-0.3, -0.25) is 0 Å². The maximum atomic E-state index is 9.64. The molecule has 1 aliphatic rings. The predicted octanol–water partition coefficient (Wildman–Crippen LogP) is 2.91. The molecule has 0 fully saturated rings. The van der Waals surface area contributed by atoms with E-state index in [1.54, 1.807) is 0 Å². The van der Waals surface area contributed by atoms with E-state index in [2.05, 4.69) is 32.2 Å². The maximum Gasteiger partial charge on any atom is 0.161 e. The van der Waals surface area contributed by atoms with Gasteiger partial charge in [0.05, 0.1) is 0 Å². The summed E-state index contributed by atoms with van der Waals surface area (Å²) in [6, 6.07) is 6.31. The van der Waals surface area contributed by atoms with Gasteiger partial charge < -0.3 is 19.9 Å². The van der Waals surface area contributed by atoms with Crippen molar-refractivity contribution in [3.05, 3.63) is 23.8 Å². The second kappa shape index (κ2) is 7.14. The highest BCUT2D eigenvalue weighted by Crippen LogP contribution is 2.33. The first kappa shape index (κ1) is 16.1. The fourth-order valence-electron chi connectivity index (χ4n) is 2.60. The van der Waals surface area contributed by atoms with Gasteiger partial charge >= 0.3 is 0 Å². The summed E-state index contributed by atoms with van der Waals surface area (Å²) in [6.45, 7) is 8.67. The monoisotopic (exact) mass is 293 g/mol. The van der Waals surface area contributed by atoms with Crippen molar-refractivity contribution in [3.8, 4) is 11.5 Å². The summed E-state index contributed by atoms with van der Waals surface area (Å²) < 4.78 is 11.2. The van der Waals surface area contributed by atoms with Gasteiger partial charge in [-0.2, -0.15) is 0 Å². The summed E-state index contributed by atoms with van der Waals surface area (Å²) in [6.07, 6.45) is 1.95. The van der Waals surface area contributed by atoms with E-state index >= 15 is 0 Å². The van der Waals surface area contributed by atoms with E-state index in [1.807, 2.05) is 12.1 Å². The van der Waals surface area contributed by atoms with Crippen LogP contribution in [0.15, 0.2) is 18.2 Å². The average molecular weight is 293 g/mol. The van der Waals surface area contributed by atoms with Crippen LogP contribution in [0.1, 0.15) is 45.2 Å². The number of aliphatic hydroxyl groups is 1. The summed E-state index contributed by atoms with van der Waals surface area (Å²) >= 11 is 0. The normalized spacial score (nSPS) is 15.8. The third-order valence-electron chi connectivity index (χ3n) is 4.68. The number of fused-ring (bicyclic) bond motifs is 1. The number of rotatable bonds is 7. The van der Waals surface area contributed by atoms with E-state index in [-0.39, 0.29) is 18.1 Å². The number of hydrogen-bond donors (Lipinski definition) is 2. The summed E-state index contributed by atoms with van der Waals surface area (Å²) in [7, 11) is 0. The first-order valence-electron chi connectivity index (χ1n) is 7.88. The van der Waals surface area contributed by atoms with Crippen LogP contribution in [0, 0.1) is 5.41 Å². The van der Waals surface area contributed by atoms with Gasteiger partial charge in [0, 0.05) is 24.6 Å². The molecule has 1 heterocycles. The Balaban J connectivity index is 2.01. The fourth-order valence-corrected chi connectivity index (χ4v) is 2.60. The number of aliphatic hydroxyl groups excluding tert-OH is 1. The number of nitrogens with one attached hydrogen (secondary N) is 1. The first-order valence-corrected chi connectivity index (χ1v) is 7.88. The number of ether oxygens (including phenoxy) is 2. The molecule has 1 aliphatic heterocycles. The van der Waals surface area contributed by atoms with E-state index in [0.717, 1.165) is 30.9 Å². The van der Waals surface area contributed by atoms with E-state index in [9.17, 15) is 5.11 Å². The number of hydrogen-bond acceptors (Lipinski definition) is 4. The molecule has 2 rings (SSSR count). The van der Waals surface area contributed by atoms with Gasteiger partial charge in [0.1, 0.15) is 13.2 Å². The van der Waals surface area contributed by atoms with Gasteiger partial charge in [-0.1, -0.05) is 19.9 Å². The Bertz CT molecular complexity index is 449. The van der Waals surface area contributed by atoms with Crippen molar-refractivity contribution in [2.75, 3.05) is 26.4 Å². The molecule has 4 nitrogen and oxygen atoms in total. The molecule has 1 aromatic rings. The molecule has 0 saturated carbocycles. The van der Waals surface area contributed by atoms with Crippen LogP contribution in [0.3, 0.4) is 0 Å². The summed E-state index contributed by atoms with van der Waals surface area (Å²) in [4.78, 5) is 0. The van der Waals surface area contributed by atoms with E-state index < -0.39 is 0 Å². The van der Waals surface area contributed by atoms with Gasteiger partial charge in [0.2, 0.25) is 0 Å². The second-order valence-electron chi connectivity index (χ2n) is 5.87. The van der Waals surface area contributed by atoms with Gasteiger partial charge in [0.25, 0.3) is 0 Å². The molecule has 0 aromatic heterocycles. The van der Waals surface area contributed by atoms with Crippen molar-refractivity contribution in [1.82, 2.24) is 5.32 Å². The maximum absolute atomic E-state index is 9.64. The molecule has 1 unspecified atom stereocenters. The van der Waals surface area contributed by atoms with Crippen molar-refractivity contribution in [3.63, 3.8) is 0 Å². The molecule has 118 valence electrons. The van der Waals surface area contributed by atoms with Crippen LogP contribution >= 0.6 is 0 Å². The van der Waals surface area contributed by atoms with Crippen molar-refractivity contribution < 1.29 is 14.6 Å². The third kappa shape index (κ3) is 3.69. The van der Waals surface area contributed by atoms with E-state index in [4.69, 9.17) is 9.47 Å². The molecule has 0 bridgehead atoms. The average Bonchev–Trinajstić information content (AvgIpc) is 2.56. The van der Waals surface area contributed by atoms with Crippen LogP contribution in [0.5, 0.6) is 11.5 Å². The van der Waals surface area contributed by atoms with Crippen LogP contribution < -0.4 is 14.8 Å². The summed E-state index contributed by atoms with van der Waals surface area (Å²) in [5.74, 6) is 1.65. The quantitative estimate of drug-likeness (QED) is 0.811. The Hall–Kier alpha value is -1.26. The van der Waals surface area contributed by atoms with E-state index in [0.29, 0.717) is 13.2 Å². The highest BCUT2D eigenvalue weighted by atomic mass is 16.6. The van der Waals surface area contributed by atoms with Crippen molar-refractivity contribution in [2.45, 2.75) is 39.7 Å². The van der Waals surface area contributed by atoms with Crippen LogP contribution in [-0.4, -0.2) is 31.5 Å². The van der Waals surface area contributed by atoms with E-state index in [1.165, 1.54) is 5.56 Å². The second-order valence-corrected chi connectivity index (χ2v) is 5.87. The molecular weight excluding hydrogens is 266 g/mol. The Labute approximate surface area is 127 Å². The first-order chi connectivity index (χ1) is 10.1. The Morgan fingerprint density at radius 1 is 1.19 bits per heavy atom. The molecule has 0 amide bonds. The minimum atomic E-state index is -0.0257. The zero-order chi connectivity index (χ0) is 15.3. The van der Waals surface area contributed by atoms with Crippen LogP contribution in [-0.2, 0) is 0 Å². The lowest BCUT2D eigenvalue weighted by molar-refractivity contribution is 0.110. The third-order valence-corrected chi connectivity index (χ3v) is 4.68. The Morgan fingerprint density at radius 2 is 1.86 bits per heavy atom. The lowest BCUT2D eigenvalue weighted by Crippen LogP contribution is -2.37. The Kier molecular flexibility index (Phi) is 5.48. The largest absolute Gasteiger partial charge is 0.486 e. The fraction of sp³-hybridized carbons (Fsp3) is 0.647. The molecule has 21 heavy (non-hydrogen) atoms. The van der Waals surface area contributed by atoms with Crippen molar-refractivity contribution in [2.24, 2.45) is 5.41 Å². The molecule has 1 aromatic carbocycles. The number of benzene rings is 1. The summed E-state index contributed by atoms with van der Waals surface area (Å²) in [5, 5.41) is 13.2. The van der Waals surface area contributed by atoms with Crippen LogP contribution in [0.2, 0.25) is 0 Å². The molecule has 0 spiro atoms. The van der Waals surface area contributed by atoms with Crippen LogP contribution in [0.4, 0.5) is 0 Å². The predicted molar refractivity (Wildman–Crippen MR) is 84.0 cm³/mol. The smallest absolute Gasteiger partial charge is 0.161 e. The van der Waals surface area contributed by atoms with Gasteiger partial charge in [-0.05, 0) is 37.5 Å². The lowest BCUT2D eigenvalue weighted by Gasteiger charge is -2.31. The van der Waals surface area contributed by atoms with Gasteiger partial charge in [0.15, 0.2) is 11.5 Å².